The molecule has 1 aromatic heterocycles. The Balaban J connectivity index is 1.22. The normalized spacial score (nSPS) is 17.6. The van der Waals surface area contributed by atoms with Crippen molar-refractivity contribution in [1.29, 1.82) is 0 Å². The summed E-state index contributed by atoms with van der Waals surface area (Å²) in [5, 5.41) is 4.07. The summed E-state index contributed by atoms with van der Waals surface area (Å²) in [6, 6.07) is 5.83. The number of rotatable bonds is 7. The minimum Gasteiger partial charge on any atom is -0.484 e. The van der Waals surface area contributed by atoms with E-state index in [1.54, 1.807) is 0 Å². The topological polar surface area (TPSA) is 63.9 Å². The molecule has 146 valence electrons. The van der Waals surface area contributed by atoms with Crippen molar-refractivity contribution in [3.63, 3.8) is 0 Å². The van der Waals surface area contributed by atoms with Gasteiger partial charge in [-0.1, -0.05) is 0 Å². The quantitative estimate of drug-likeness (QED) is 0.757. The van der Waals surface area contributed by atoms with E-state index in [4.69, 9.17) is 13.9 Å². The van der Waals surface area contributed by atoms with Crippen molar-refractivity contribution in [3.8, 4) is 5.75 Å². The zero-order valence-corrected chi connectivity index (χ0v) is 15.8. The summed E-state index contributed by atoms with van der Waals surface area (Å²) < 4.78 is 17.0. The van der Waals surface area contributed by atoms with E-state index in [1.807, 2.05) is 18.2 Å². The Morgan fingerprint density at radius 1 is 1.19 bits per heavy atom. The first-order chi connectivity index (χ1) is 13.3. The van der Waals surface area contributed by atoms with Gasteiger partial charge in [-0.2, -0.15) is 0 Å². The van der Waals surface area contributed by atoms with E-state index < -0.39 is 0 Å². The number of fused-ring (bicyclic) bond motifs is 3. The maximum absolute atomic E-state index is 12.0. The number of nitrogens with zero attached hydrogens (tertiary/aromatic N) is 1. The molecule has 0 spiro atoms. The van der Waals surface area contributed by atoms with E-state index in [9.17, 15) is 4.79 Å². The van der Waals surface area contributed by atoms with Crippen molar-refractivity contribution in [2.45, 2.75) is 32.1 Å². The lowest BCUT2D eigenvalue weighted by Crippen LogP contribution is -2.38. The Morgan fingerprint density at radius 3 is 2.93 bits per heavy atom. The number of hydrogen-bond donors (Lipinski definition) is 1. The predicted octanol–water partition coefficient (Wildman–Crippen LogP) is 2.53. The molecule has 1 N–H and O–H groups in total. The van der Waals surface area contributed by atoms with Crippen LogP contribution in [-0.2, 0) is 22.4 Å². The maximum Gasteiger partial charge on any atom is 0.257 e. The van der Waals surface area contributed by atoms with E-state index in [0.29, 0.717) is 6.54 Å². The van der Waals surface area contributed by atoms with E-state index in [2.05, 4.69) is 10.2 Å². The Bertz CT molecular complexity index is 780. The van der Waals surface area contributed by atoms with Gasteiger partial charge in [0.15, 0.2) is 6.61 Å². The summed E-state index contributed by atoms with van der Waals surface area (Å²) in [6.45, 7) is 5.30. The molecule has 27 heavy (non-hydrogen) atoms. The van der Waals surface area contributed by atoms with Crippen LogP contribution in [0.1, 0.15) is 30.6 Å². The average molecular weight is 372 g/mol. The first kappa shape index (κ1) is 18.3. The predicted molar refractivity (Wildman–Crippen MR) is 103 cm³/mol. The van der Waals surface area contributed by atoms with Crippen LogP contribution in [0.5, 0.6) is 5.75 Å². The molecule has 6 nitrogen and oxygen atoms in total. The van der Waals surface area contributed by atoms with Crippen molar-refractivity contribution in [1.82, 2.24) is 10.2 Å². The lowest BCUT2D eigenvalue weighted by Gasteiger charge is -2.26. The zero-order chi connectivity index (χ0) is 18.5. The number of benzene rings is 1. The molecule has 1 amide bonds. The summed E-state index contributed by atoms with van der Waals surface area (Å²) in [7, 11) is 0. The number of ether oxygens (including phenoxy) is 2. The van der Waals surface area contributed by atoms with Crippen LogP contribution in [0.3, 0.4) is 0 Å². The number of carbonyl (C=O) groups is 1. The highest BCUT2D eigenvalue weighted by Gasteiger charge is 2.18. The van der Waals surface area contributed by atoms with Crippen LogP contribution < -0.4 is 10.1 Å². The molecule has 1 aliphatic heterocycles. The first-order valence-corrected chi connectivity index (χ1v) is 10.0. The third kappa shape index (κ3) is 4.62. The minimum atomic E-state index is -0.0775. The first-order valence-electron chi connectivity index (χ1n) is 10.0. The van der Waals surface area contributed by atoms with Gasteiger partial charge in [-0.25, -0.2) is 0 Å². The van der Waals surface area contributed by atoms with E-state index in [-0.39, 0.29) is 12.5 Å². The number of hydrogen-bond acceptors (Lipinski definition) is 5. The molecule has 1 fully saturated rings. The van der Waals surface area contributed by atoms with E-state index in [0.717, 1.165) is 74.6 Å². The summed E-state index contributed by atoms with van der Waals surface area (Å²) >= 11 is 0. The van der Waals surface area contributed by atoms with Gasteiger partial charge >= 0.3 is 0 Å². The van der Waals surface area contributed by atoms with Crippen molar-refractivity contribution in [2.24, 2.45) is 0 Å². The molecule has 0 bridgehead atoms. The SMILES string of the molecule is O=C(COc1ccc2oc3c(c2c1)CCCC3)NCCCN1CCOCC1. The van der Waals surface area contributed by atoms with Crippen LogP contribution in [0.15, 0.2) is 22.6 Å². The molecule has 1 aliphatic carbocycles. The third-order valence-corrected chi connectivity index (χ3v) is 5.37. The number of aryl methyl sites for hydroxylation is 2. The lowest BCUT2D eigenvalue weighted by molar-refractivity contribution is -0.123. The number of carbonyl (C=O) groups excluding carboxylic acids is 1. The third-order valence-electron chi connectivity index (χ3n) is 5.37. The molecule has 6 heteroatoms. The average Bonchev–Trinajstić information content (AvgIpc) is 3.08. The molecule has 1 saturated heterocycles. The minimum absolute atomic E-state index is 0.0447. The molecule has 2 heterocycles. The Morgan fingerprint density at radius 2 is 2.04 bits per heavy atom. The summed E-state index contributed by atoms with van der Waals surface area (Å²) in [6.07, 6.45) is 5.43. The molecule has 0 radical (unpaired) electrons. The van der Waals surface area contributed by atoms with Gasteiger partial charge in [-0.3, -0.25) is 9.69 Å². The lowest BCUT2D eigenvalue weighted by atomic mass is 9.96. The Kier molecular flexibility index (Phi) is 5.94. The van der Waals surface area contributed by atoms with Crippen LogP contribution in [0, 0.1) is 0 Å². The van der Waals surface area contributed by atoms with Crippen LogP contribution in [0.25, 0.3) is 11.0 Å². The molecule has 0 unspecified atom stereocenters. The van der Waals surface area contributed by atoms with Gasteiger partial charge in [0.2, 0.25) is 0 Å². The molecule has 0 saturated carbocycles. The largest absolute Gasteiger partial charge is 0.484 e. The molecular weight excluding hydrogens is 344 g/mol. The fourth-order valence-corrected chi connectivity index (χ4v) is 3.89. The summed E-state index contributed by atoms with van der Waals surface area (Å²) in [4.78, 5) is 14.4. The van der Waals surface area contributed by atoms with Crippen molar-refractivity contribution >= 4 is 16.9 Å². The standard InChI is InChI=1S/C21H28N2O4/c24-21(22-8-3-9-23-10-12-25-13-11-23)15-26-16-6-7-20-18(14-16)17-4-1-2-5-19(17)27-20/h6-7,14H,1-5,8-13,15H2,(H,22,24). The van der Waals surface area contributed by atoms with Gasteiger partial charge in [0.25, 0.3) is 5.91 Å². The van der Waals surface area contributed by atoms with E-state index >= 15 is 0 Å². The second-order valence-electron chi connectivity index (χ2n) is 7.32. The molecule has 4 rings (SSSR count). The molecule has 2 aliphatic rings. The number of furan rings is 1. The van der Waals surface area contributed by atoms with Gasteiger partial charge in [-0.15, -0.1) is 0 Å². The highest BCUT2D eigenvalue weighted by Crippen LogP contribution is 2.33. The highest BCUT2D eigenvalue weighted by atomic mass is 16.5. The van der Waals surface area contributed by atoms with Gasteiger partial charge in [-0.05, 0) is 50.4 Å². The smallest absolute Gasteiger partial charge is 0.257 e. The second kappa shape index (κ2) is 8.76. The number of nitrogens with one attached hydrogen (secondary N) is 1. The second-order valence-corrected chi connectivity index (χ2v) is 7.32. The van der Waals surface area contributed by atoms with Crippen molar-refractivity contribution in [2.75, 3.05) is 46.0 Å². The summed E-state index contributed by atoms with van der Waals surface area (Å²) in [5.74, 6) is 1.76. The van der Waals surface area contributed by atoms with Gasteiger partial charge in [0, 0.05) is 37.0 Å². The molecular formula is C21H28N2O4. The van der Waals surface area contributed by atoms with Gasteiger partial charge in [0.1, 0.15) is 17.1 Å². The summed E-state index contributed by atoms with van der Waals surface area (Å²) in [5.41, 5.74) is 2.23. The van der Waals surface area contributed by atoms with Crippen LogP contribution in [-0.4, -0.2) is 56.8 Å². The Hall–Kier alpha value is -2.05. The monoisotopic (exact) mass is 372 g/mol. The van der Waals surface area contributed by atoms with Crippen molar-refractivity contribution in [3.05, 3.63) is 29.5 Å². The Labute approximate surface area is 159 Å². The molecule has 1 aromatic carbocycles. The molecule has 2 aromatic rings. The van der Waals surface area contributed by atoms with Gasteiger partial charge in [0.05, 0.1) is 13.2 Å². The molecule has 0 atom stereocenters. The van der Waals surface area contributed by atoms with Crippen LogP contribution >= 0.6 is 0 Å². The maximum atomic E-state index is 12.0. The number of amides is 1. The van der Waals surface area contributed by atoms with Crippen molar-refractivity contribution < 1.29 is 18.7 Å². The van der Waals surface area contributed by atoms with Crippen LogP contribution in [0.4, 0.5) is 0 Å². The number of morpholine rings is 1. The zero-order valence-electron chi connectivity index (χ0n) is 15.8. The van der Waals surface area contributed by atoms with E-state index in [1.165, 1.54) is 18.4 Å². The fraction of sp³-hybridized carbons (Fsp3) is 0.571. The van der Waals surface area contributed by atoms with Crippen LogP contribution in [0.2, 0.25) is 0 Å². The highest BCUT2D eigenvalue weighted by molar-refractivity contribution is 5.84. The fourth-order valence-electron chi connectivity index (χ4n) is 3.89. The van der Waals surface area contributed by atoms with Gasteiger partial charge < -0.3 is 19.2 Å².